The lowest BCUT2D eigenvalue weighted by Gasteiger charge is -2.14. The topological polar surface area (TPSA) is 79.2 Å². The van der Waals surface area contributed by atoms with Crippen molar-refractivity contribution in [2.75, 3.05) is 26.7 Å². The molecule has 0 saturated heterocycles. The molecule has 30 heavy (non-hydrogen) atoms. The highest BCUT2D eigenvalue weighted by atomic mass is 16.3. The third kappa shape index (κ3) is 3.32. The average molecular weight is 400 g/mol. The summed E-state index contributed by atoms with van der Waals surface area (Å²) >= 11 is 0. The minimum absolute atomic E-state index is 0.790. The first kappa shape index (κ1) is 18.4. The van der Waals surface area contributed by atoms with Crippen LogP contribution in [0.2, 0.25) is 0 Å². The number of nitrogens with one attached hydrogen (secondary N) is 2. The van der Waals surface area contributed by atoms with Crippen molar-refractivity contribution >= 4 is 28.3 Å². The summed E-state index contributed by atoms with van der Waals surface area (Å²) in [5, 5.41) is 7.68. The van der Waals surface area contributed by atoms with E-state index in [1.54, 1.807) is 7.05 Å². The van der Waals surface area contributed by atoms with Gasteiger partial charge in [-0.2, -0.15) is 0 Å². The number of pyridine rings is 1. The molecule has 1 aliphatic heterocycles. The SMILES string of the molecule is CCNC(=NC)c1cn2ccc(-c3cc4ccc(C5=NCCCN5)cc4o3)cc2n1. The van der Waals surface area contributed by atoms with Crippen LogP contribution in [-0.4, -0.2) is 47.7 Å². The van der Waals surface area contributed by atoms with E-state index in [1.807, 2.05) is 35.9 Å². The molecule has 0 radical (unpaired) electrons. The number of amidine groups is 2. The highest BCUT2D eigenvalue weighted by molar-refractivity contribution is 6.02. The quantitative estimate of drug-likeness (QED) is 0.406. The smallest absolute Gasteiger partial charge is 0.148 e. The van der Waals surface area contributed by atoms with E-state index < -0.39 is 0 Å². The lowest BCUT2D eigenvalue weighted by molar-refractivity contribution is 0.631. The molecule has 5 rings (SSSR count). The molecular formula is C23H24N6O. The van der Waals surface area contributed by atoms with Gasteiger partial charge in [0, 0.05) is 55.6 Å². The second kappa shape index (κ2) is 7.67. The van der Waals surface area contributed by atoms with E-state index in [4.69, 9.17) is 9.40 Å². The number of rotatable bonds is 4. The molecule has 0 amide bonds. The highest BCUT2D eigenvalue weighted by Gasteiger charge is 2.13. The zero-order chi connectivity index (χ0) is 20.5. The Morgan fingerprint density at radius 2 is 2.17 bits per heavy atom. The van der Waals surface area contributed by atoms with Gasteiger partial charge in [0.25, 0.3) is 0 Å². The third-order valence-corrected chi connectivity index (χ3v) is 5.25. The molecular weight excluding hydrogens is 376 g/mol. The summed E-state index contributed by atoms with van der Waals surface area (Å²) in [5.41, 5.74) is 4.58. The van der Waals surface area contributed by atoms with Gasteiger partial charge in [0.15, 0.2) is 0 Å². The lowest BCUT2D eigenvalue weighted by Crippen LogP contribution is -2.30. The Morgan fingerprint density at radius 3 is 2.97 bits per heavy atom. The lowest BCUT2D eigenvalue weighted by atomic mass is 10.1. The van der Waals surface area contributed by atoms with E-state index >= 15 is 0 Å². The number of aromatic nitrogens is 2. The van der Waals surface area contributed by atoms with Crippen LogP contribution in [0.15, 0.2) is 63.2 Å². The number of hydrogen-bond acceptors (Lipinski definition) is 5. The van der Waals surface area contributed by atoms with Crippen LogP contribution in [0.1, 0.15) is 24.6 Å². The minimum Gasteiger partial charge on any atom is -0.456 e. The molecule has 3 aromatic heterocycles. The van der Waals surface area contributed by atoms with Crippen LogP contribution in [0, 0.1) is 0 Å². The zero-order valence-corrected chi connectivity index (χ0v) is 17.1. The van der Waals surface area contributed by atoms with Gasteiger partial charge in [-0.15, -0.1) is 0 Å². The fraction of sp³-hybridized carbons (Fsp3) is 0.261. The highest BCUT2D eigenvalue weighted by Crippen LogP contribution is 2.29. The molecule has 0 atom stereocenters. The molecule has 152 valence electrons. The van der Waals surface area contributed by atoms with Crippen LogP contribution in [-0.2, 0) is 0 Å². The number of imidazole rings is 1. The first-order valence-electron chi connectivity index (χ1n) is 10.3. The van der Waals surface area contributed by atoms with E-state index in [2.05, 4.69) is 44.9 Å². The van der Waals surface area contributed by atoms with Crippen LogP contribution in [0.5, 0.6) is 0 Å². The number of furan rings is 1. The summed E-state index contributed by atoms with van der Waals surface area (Å²) in [6.45, 7) is 4.68. The van der Waals surface area contributed by atoms with Crippen molar-refractivity contribution in [1.29, 1.82) is 0 Å². The molecule has 0 spiro atoms. The van der Waals surface area contributed by atoms with Gasteiger partial charge in [-0.25, -0.2) is 4.98 Å². The van der Waals surface area contributed by atoms with E-state index in [0.717, 1.165) is 76.9 Å². The number of hydrogen-bond donors (Lipinski definition) is 2. The van der Waals surface area contributed by atoms with E-state index in [0.29, 0.717) is 0 Å². The number of nitrogens with zero attached hydrogens (tertiary/aromatic N) is 4. The zero-order valence-electron chi connectivity index (χ0n) is 17.1. The van der Waals surface area contributed by atoms with Gasteiger partial charge in [-0.1, -0.05) is 12.1 Å². The van der Waals surface area contributed by atoms with Gasteiger partial charge in [0.1, 0.15) is 34.4 Å². The fourth-order valence-electron chi connectivity index (χ4n) is 3.75. The van der Waals surface area contributed by atoms with Crippen molar-refractivity contribution in [2.24, 2.45) is 9.98 Å². The molecule has 4 heterocycles. The predicted octanol–water partition coefficient (Wildman–Crippen LogP) is 3.47. The normalized spacial score (nSPS) is 14.7. The number of benzene rings is 1. The molecule has 4 aromatic rings. The van der Waals surface area contributed by atoms with E-state index in [9.17, 15) is 0 Å². The molecule has 0 unspecified atom stereocenters. The predicted molar refractivity (Wildman–Crippen MR) is 121 cm³/mol. The van der Waals surface area contributed by atoms with Crippen LogP contribution in [0.3, 0.4) is 0 Å². The van der Waals surface area contributed by atoms with E-state index in [-0.39, 0.29) is 0 Å². The first-order valence-corrected chi connectivity index (χ1v) is 10.3. The Hall–Kier alpha value is -3.61. The second-order valence-electron chi connectivity index (χ2n) is 7.28. The van der Waals surface area contributed by atoms with Gasteiger partial charge in [-0.05, 0) is 37.6 Å². The maximum atomic E-state index is 6.19. The molecule has 0 saturated carbocycles. The van der Waals surface area contributed by atoms with Gasteiger partial charge >= 0.3 is 0 Å². The second-order valence-corrected chi connectivity index (χ2v) is 7.28. The molecule has 1 aliphatic rings. The Balaban J connectivity index is 1.50. The monoisotopic (exact) mass is 400 g/mol. The largest absolute Gasteiger partial charge is 0.456 e. The summed E-state index contributed by atoms with van der Waals surface area (Å²) in [6, 6.07) is 12.4. The van der Waals surface area contributed by atoms with Crippen LogP contribution >= 0.6 is 0 Å². The van der Waals surface area contributed by atoms with Crippen LogP contribution in [0.4, 0.5) is 0 Å². The Morgan fingerprint density at radius 1 is 1.23 bits per heavy atom. The maximum Gasteiger partial charge on any atom is 0.148 e. The first-order chi connectivity index (χ1) is 14.7. The molecule has 0 bridgehead atoms. The molecule has 7 nitrogen and oxygen atoms in total. The van der Waals surface area contributed by atoms with Gasteiger partial charge in [-0.3, -0.25) is 9.98 Å². The van der Waals surface area contributed by atoms with Crippen molar-refractivity contribution < 1.29 is 4.42 Å². The maximum absolute atomic E-state index is 6.19. The van der Waals surface area contributed by atoms with Crippen molar-refractivity contribution in [3.63, 3.8) is 0 Å². The van der Waals surface area contributed by atoms with Crippen LogP contribution in [0.25, 0.3) is 27.9 Å². The van der Waals surface area contributed by atoms with E-state index in [1.165, 1.54) is 0 Å². The number of fused-ring (bicyclic) bond motifs is 2. The Bertz CT molecular complexity index is 1280. The van der Waals surface area contributed by atoms with Crippen molar-refractivity contribution in [3.8, 4) is 11.3 Å². The summed E-state index contributed by atoms with van der Waals surface area (Å²) in [5.74, 6) is 2.56. The average Bonchev–Trinajstić information content (AvgIpc) is 3.41. The van der Waals surface area contributed by atoms with Gasteiger partial charge in [0.2, 0.25) is 0 Å². The molecule has 1 aromatic carbocycles. The standard InChI is InChI=1S/C23H24N6O/c1-3-25-23(24-2)18-14-29-10-7-16(13-21(29)28-18)19-11-15-5-6-17(12-20(15)30-19)22-26-8-4-9-27-22/h5-7,10-14H,3-4,8-9H2,1-2H3,(H,24,25)(H,26,27). The summed E-state index contributed by atoms with van der Waals surface area (Å²) in [7, 11) is 1.77. The fourth-order valence-corrected chi connectivity index (χ4v) is 3.75. The molecule has 7 heteroatoms. The Labute approximate surface area is 174 Å². The summed E-state index contributed by atoms with van der Waals surface area (Å²) < 4.78 is 8.19. The van der Waals surface area contributed by atoms with Crippen molar-refractivity contribution in [2.45, 2.75) is 13.3 Å². The summed E-state index contributed by atoms with van der Waals surface area (Å²) in [6.07, 6.45) is 5.06. The van der Waals surface area contributed by atoms with Gasteiger partial charge < -0.3 is 19.5 Å². The van der Waals surface area contributed by atoms with Crippen molar-refractivity contribution in [1.82, 2.24) is 20.0 Å². The molecule has 0 aliphatic carbocycles. The van der Waals surface area contributed by atoms with Gasteiger partial charge in [0.05, 0.1) is 0 Å². The van der Waals surface area contributed by atoms with Crippen LogP contribution < -0.4 is 10.6 Å². The molecule has 0 fully saturated rings. The minimum atomic E-state index is 0.790. The summed E-state index contributed by atoms with van der Waals surface area (Å²) in [4.78, 5) is 13.6. The van der Waals surface area contributed by atoms with Crippen molar-refractivity contribution in [3.05, 3.63) is 60.0 Å². The Kier molecular flexibility index (Phi) is 4.71. The molecule has 2 N–H and O–H groups in total. The third-order valence-electron chi connectivity index (χ3n) is 5.25. The number of aliphatic imine (C=N–C) groups is 2.